The van der Waals surface area contributed by atoms with Gasteiger partial charge in [-0.2, -0.15) is 19.2 Å². The number of carbonyl (C=O) groups excluding carboxylic acids is 4. The molecule has 6 heterocycles. The summed E-state index contributed by atoms with van der Waals surface area (Å²) in [6.45, 7) is 13.1. The van der Waals surface area contributed by atoms with Crippen LogP contribution < -0.4 is 28.9 Å². The Balaban J connectivity index is 0.000000251. The van der Waals surface area contributed by atoms with E-state index in [1.807, 2.05) is 78.5 Å². The maximum absolute atomic E-state index is 13.1. The van der Waals surface area contributed by atoms with Crippen LogP contribution in [0, 0.1) is 13.8 Å². The second-order valence-electron chi connectivity index (χ2n) is 19.7. The topological polar surface area (TPSA) is 217 Å². The molecule has 3 aromatic heterocycles. The molecule has 0 fully saturated rings. The van der Waals surface area contributed by atoms with Crippen molar-refractivity contribution in [2.75, 3.05) is 53.7 Å². The largest absolute Gasteiger partial charge is 0.373 e. The normalized spacial score (nSPS) is 17.1. The van der Waals surface area contributed by atoms with Gasteiger partial charge in [0.25, 0.3) is 30.1 Å². The average Bonchev–Trinajstić information content (AvgIpc) is 4.45. The molecule has 9 rings (SSSR count). The molecule has 3 N–H and O–H groups in total. The van der Waals surface area contributed by atoms with E-state index in [0.717, 1.165) is 105 Å². The Morgan fingerprint density at radius 1 is 0.451 bits per heavy atom. The number of nitrogens with zero attached hydrogens (tertiary/aromatic N) is 3. The summed E-state index contributed by atoms with van der Waals surface area (Å²) in [6.07, 6.45) is 14.8. The minimum absolute atomic E-state index is 0. The van der Waals surface area contributed by atoms with Gasteiger partial charge in [-0.05, 0) is 139 Å². The predicted molar refractivity (Wildman–Crippen MR) is 332 cm³/mol. The lowest BCUT2D eigenvalue weighted by Crippen LogP contribution is -2.26. The number of fused-ring (bicyclic) bond motifs is 6. The fourth-order valence-corrected chi connectivity index (χ4v) is 17.8. The van der Waals surface area contributed by atoms with Gasteiger partial charge in [0.05, 0.1) is 64.5 Å². The highest BCUT2D eigenvalue weighted by Crippen LogP contribution is 2.46. The standard InChI is InChI=1S/C20H27ClN2O2S2.C19H26N2O2S2.C17H22N2O2S2.2CO2.CH4/c1-3-4-5-6-7-8-12-22-19-16-10-9-15(21)14-18(16)27(24,25)23(2)17-11-13-26-20(17)19;1-4-5-6-7-11-20-18-15-9-8-14(2)13-17(15)25(22,23)21(3)16-10-12-24-19(16)18;1-4-5-9-18-16-13-7-6-12(2)11-15(13)23(20,21)19(3)14-8-10-22-17(14)16;2*2-1-3;/h9-11,13-14,19,22H,3-8,12H2,1-2H3;8-10,12-13,18,20H,4-7,11H2,1-3H3;6-8,10-11,16,18H,4-5,9H2,1-3H3;;;1H4. The minimum Gasteiger partial charge on any atom is -0.305 e. The third kappa shape index (κ3) is 16.6. The highest BCUT2D eigenvalue weighted by molar-refractivity contribution is 7.93. The zero-order valence-electron chi connectivity index (χ0n) is 47.3. The van der Waals surface area contributed by atoms with Gasteiger partial charge < -0.3 is 16.0 Å². The van der Waals surface area contributed by atoms with Gasteiger partial charge >= 0.3 is 12.3 Å². The highest BCUT2D eigenvalue weighted by atomic mass is 35.5. The number of hydrogen-bond acceptors (Lipinski definition) is 16. The van der Waals surface area contributed by atoms with Crippen LogP contribution in [0.25, 0.3) is 0 Å². The summed E-state index contributed by atoms with van der Waals surface area (Å²) in [4.78, 5) is 36.8. The van der Waals surface area contributed by atoms with E-state index in [-0.39, 0.29) is 37.9 Å². The molecule has 0 bridgehead atoms. The van der Waals surface area contributed by atoms with Crippen LogP contribution in [0.1, 0.15) is 166 Å². The van der Waals surface area contributed by atoms with E-state index in [0.29, 0.717) is 19.7 Å². The van der Waals surface area contributed by atoms with E-state index in [2.05, 4.69) is 36.7 Å². The van der Waals surface area contributed by atoms with Crippen LogP contribution in [-0.4, -0.2) is 78.3 Å². The lowest BCUT2D eigenvalue weighted by atomic mass is 10.0. The summed E-state index contributed by atoms with van der Waals surface area (Å²) in [5.41, 5.74) is 6.70. The molecule has 0 spiro atoms. The first-order valence-corrected chi connectivity index (χ1v) is 34.4. The van der Waals surface area contributed by atoms with Crippen LogP contribution in [0.4, 0.5) is 17.1 Å². The van der Waals surface area contributed by atoms with Gasteiger partial charge in [-0.15, -0.1) is 34.0 Å². The first kappa shape index (κ1) is 69.4. The van der Waals surface area contributed by atoms with Crippen molar-refractivity contribution in [3.63, 3.8) is 0 Å². The summed E-state index contributed by atoms with van der Waals surface area (Å²) in [5, 5.41) is 17.1. The van der Waals surface area contributed by atoms with E-state index in [1.54, 1.807) is 79.4 Å². The fourth-order valence-electron chi connectivity index (χ4n) is 9.78. The number of unbranched alkanes of at least 4 members (excludes halogenated alkanes) is 9. The number of benzene rings is 3. The molecule has 448 valence electrons. The van der Waals surface area contributed by atoms with Crippen LogP contribution in [0.5, 0.6) is 0 Å². The molecule has 0 saturated heterocycles. The Kier molecular flexibility index (Phi) is 27.8. The first-order chi connectivity index (χ1) is 38.7. The Hall–Kier alpha value is -5.06. The van der Waals surface area contributed by atoms with Crippen LogP contribution in [-0.2, 0) is 49.2 Å². The predicted octanol–water partition coefficient (Wildman–Crippen LogP) is 13.2. The van der Waals surface area contributed by atoms with Gasteiger partial charge in [0, 0.05) is 26.2 Å². The van der Waals surface area contributed by atoms with Crippen molar-refractivity contribution in [1.82, 2.24) is 16.0 Å². The quantitative estimate of drug-likeness (QED) is 0.0683. The van der Waals surface area contributed by atoms with Crippen molar-refractivity contribution >= 4 is 105 Å². The molecular formula is C59H79ClN6O10S6. The van der Waals surface area contributed by atoms with Gasteiger partial charge in [0.1, 0.15) is 0 Å². The smallest absolute Gasteiger partial charge is 0.305 e. The number of nitrogens with one attached hydrogen (secondary N) is 3. The second-order valence-corrected chi connectivity index (χ2v) is 28.8. The van der Waals surface area contributed by atoms with Crippen molar-refractivity contribution < 1.29 is 44.4 Å². The molecule has 16 nitrogen and oxygen atoms in total. The number of thiophene rings is 3. The molecule has 0 saturated carbocycles. The van der Waals surface area contributed by atoms with Crippen molar-refractivity contribution in [1.29, 1.82) is 0 Å². The molecular weight excluding hydrogens is 1180 g/mol. The first-order valence-electron chi connectivity index (χ1n) is 27.1. The molecule has 23 heteroatoms. The number of halogens is 1. The van der Waals surface area contributed by atoms with E-state index < -0.39 is 30.1 Å². The lowest BCUT2D eigenvalue weighted by molar-refractivity contribution is -0.193. The maximum atomic E-state index is 13.1. The van der Waals surface area contributed by atoms with Crippen LogP contribution in [0.2, 0.25) is 5.02 Å². The van der Waals surface area contributed by atoms with Gasteiger partial charge in [-0.1, -0.05) is 128 Å². The van der Waals surface area contributed by atoms with Gasteiger partial charge in [-0.25, -0.2) is 25.3 Å². The Bertz CT molecular complexity index is 3410. The molecule has 3 aliphatic heterocycles. The van der Waals surface area contributed by atoms with E-state index in [1.165, 1.54) is 64.3 Å². The lowest BCUT2D eigenvalue weighted by Gasteiger charge is -2.19. The van der Waals surface area contributed by atoms with Gasteiger partial charge in [0.2, 0.25) is 0 Å². The van der Waals surface area contributed by atoms with E-state index >= 15 is 0 Å². The molecule has 82 heavy (non-hydrogen) atoms. The van der Waals surface area contributed by atoms with Crippen molar-refractivity contribution in [3.05, 3.63) is 136 Å². The summed E-state index contributed by atoms with van der Waals surface area (Å²) >= 11 is 10.9. The van der Waals surface area contributed by atoms with Crippen molar-refractivity contribution in [2.24, 2.45) is 0 Å². The number of anilines is 3. The van der Waals surface area contributed by atoms with Crippen LogP contribution in [0.15, 0.2) is 104 Å². The number of hydrogen-bond donors (Lipinski definition) is 3. The Labute approximate surface area is 503 Å². The second kappa shape index (κ2) is 32.9. The molecule has 3 aromatic carbocycles. The third-order valence-electron chi connectivity index (χ3n) is 14.1. The molecule has 0 amide bonds. The summed E-state index contributed by atoms with van der Waals surface area (Å²) < 4.78 is 82.7. The summed E-state index contributed by atoms with van der Waals surface area (Å²) in [7, 11) is -5.79. The van der Waals surface area contributed by atoms with Crippen molar-refractivity contribution in [3.8, 4) is 0 Å². The number of aryl methyl sites for hydroxylation is 2. The monoisotopic (exact) mass is 1260 g/mol. The van der Waals surface area contributed by atoms with Gasteiger partial charge in [0.15, 0.2) is 0 Å². The summed E-state index contributed by atoms with van der Waals surface area (Å²) in [6, 6.07) is 22.1. The third-order valence-corrected chi connectivity index (χ3v) is 22.8. The maximum Gasteiger partial charge on any atom is 0.373 e. The van der Waals surface area contributed by atoms with Crippen LogP contribution >= 0.6 is 45.6 Å². The molecule has 6 aromatic rings. The van der Waals surface area contributed by atoms with E-state index in [4.69, 9.17) is 30.8 Å². The fraction of sp³-hybridized carbons (Fsp3) is 0.458. The Morgan fingerprint density at radius 2 is 0.744 bits per heavy atom. The van der Waals surface area contributed by atoms with Gasteiger partial charge in [-0.3, -0.25) is 12.9 Å². The number of sulfonamides is 3. The molecule has 3 unspecified atom stereocenters. The molecule has 0 radical (unpaired) electrons. The zero-order chi connectivity index (χ0) is 59.5. The highest BCUT2D eigenvalue weighted by Gasteiger charge is 2.38. The summed E-state index contributed by atoms with van der Waals surface area (Å²) in [5.74, 6) is 0. The minimum atomic E-state index is -3.63. The molecule has 3 atom stereocenters. The Morgan fingerprint density at radius 3 is 1.10 bits per heavy atom. The van der Waals surface area contributed by atoms with Crippen molar-refractivity contribution in [2.45, 2.75) is 152 Å². The van der Waals surface area contributed by atoms with Crippen LogP contribution in [0.3, 0.4) is 0 Å². The molecule has 3 aliphatic rings. The SMILES string of the molecule is C.CCCCCCCCNC1c2ccc(Cl)cc2S(=O)(=O)N(C)c2ccsc21.CCCCCCNC1c2ccc(C)cc2S(=O)(=O)N(C)c2ccsc21.CCCCNC1c2ccc(C)cc2S(=O)(=O)N(C)c2ccsc21.O=C=O.O=C=O. The average molecular weight is 1260 g/mol. The molecule has 0 aliphatic carbocycles. The zero-order valence-corrected chi connectivity index (χ0v) is 52.9. The van der Waals surface area contributed by atoms with E-state index in [9.17, 15) is 25.3 Å². The number of rotatable bonds is 18.